The fourth-order valence-electron chi connectivity index (χ4n) is 4.03. The maximum Gasteiger partial charge on any atom is 0.410 e. The molecule has 0 spiro atoms. The Kier molecular flexibility index (Phi) is 7.26. The van der Waals surface area contributed by atoms with Crippen LogP contribution in [0.1, 0.15) is 53.0 Å². The Morgan fingerprint density at radius 3 is 2.53 bits per heavy atom. The topological polar surface area (TPSA) is 79.0 Å². The lowest BCUT2D eigenvalue weighted by molar-refractivity contribution is -0.131. The Morgan fingerprint density at radius 1 is 1.19 bits per heavy atom. The molecule has 174 valence electrons. The molecule has 1 N–H and O–H groups in total. The van der Waals surface area contributed by atoms with E-state index in [-0.39, 0.29) is 17.9 Å². The molecule has 0 aliphatic carbocycles. The van der Waals surface area contributed by atoms with Crippen molar-refractivity contribution in [3.8, 4) is 0 Å². The molecule has 3 amide bonds. The molecule has 2 aliphatic rings. The van der Waals surface area contributed by atoms with E-state index in [4.69, 9.17) is 4.74 Å². The van der Waals surface area contributed by atoms with Crippen molar-refractivity contribution in [2.75, 3.05) is 18.0 Å². The van der Waals surface area contributed by atoms with Gasteiger partial charge in [0.25, 0.3) is 5.91 Å². The summed E-state index contributed by atoms with van der Waals surface area (Å²) in [7, 11) is 0. The molecule has 7 heteroatoms. The van der Waals surface area contributed by atoms with Crippen LogP contribution >= 0.6 is 0 Å². The minimum atomic E-state index is -0.606. The van der Waals surface area contributed by atoms with E-state index in [1.807, 2.05) is 24.3 Å². The molecule has 1 aromatic rings. The highest BCUT2D eigenvalue weighted by atomic mass is 16.6. The Morgan fingerprint density at radius 2 is 1.91 bits per heavy atom. The number of carbonyl (C=O) groups excluding carboxylic acids is 3. The van der Waals surface area contributed by atoms with Gasteiger partial charge in [0, 0.05) is 30.9 Å². The zero-order valence-corrected chi connectivity index (χ0v) is 19.8. The van der Waals surface area contributed by atoms with Crippen molar-refractivity contribution in [2.45, 2.75) is 71.6 Å². The van der Waals surface area contributed by atoms with Crippen LogP contribution in [-0.2, 0) is 20.7 Å². The molecule has 2 atom stereocenters. The van der Waals surface area contributed by atoms with Gasteiger partial charge >= 0.3 is 6.09 Å². The van der Waals surface area contributed by atoms with E-state index in [9.17, 15) is 14.4 Å². The lowest BCUT2D eigenvalue weighted by Gasteiger charge is -2.40. The van der Waals surface area contributed by atoms with Crippen molar-refractivity contribution in [1.82, 2.24) is 10.2 Å². The van der Waals surface area contributed by atoms with E-state index in [1.54, 1.807) is 37.8 Å². The molecule has 1 aromatic carbocycles. The van der Waals surface area contributed by atoms with Crippen molar-refractivity contribution >= 4 is 23.6 Å². The number of para-hydroxylation sites is 1. The zero-order chi connectivity index (χ0) is 23.5. The number of likely N-dealkylation sites (tertiary alicyclic amines) is 1. The first-order valence-electron chi connectivity index (χ1n) is 11.4. The average molecular weight is 442 g/mol. The number of nitrogens with one attached hydrogen (secondary N) is 1. The van der Waals surface area contributed by atoms with Gasteiger partial charge in [0.15, 0.2) is 0 Å². The molecule has 1 fully saturated rings. The summed E-state index contributed by atoms with van der Waals surface area (Å²) in [6.45, 7) is 10.7. The minimum Gasteiger partial charge on any atom is -0.444 e. The summed E-state index contributed by atoms with van der Waals surface area (Å²) in [6.07, 6.45) is 5.02. The number of rotatable bonds is 6. The molecule has 2 aliphatic heterocycles. The fourth-order valence-corrected chi connectivity index (χ4v) is 4.03. The lowest BCUT2D eigenvalue weighted by atomic mass is 9.99. The minimum absolute atomic E-state index is 0.0861. The smallest absolute Gasteiger partial charge is 0.410 e. The van der Waals surface area contributed by atoms with Crippen molar-refractivity contribution in [1.29, 1.82) is 0 Å². The van der Waals surface area contributed by atoms with Crippen LogP contribution < -0.4 is 10.2 Å². The molecule has 0 unspecified atom stereocenters. The Labute approximate surface area is 190 Å². The number of fused-ring (bicyclic) bond motifs is 1. The highest BCUT2D eigenvalue weighted by molar-refractivity contribution is 6.03. The highest BCUT2D eigenvalue weighted by Crippen LogP contribution is 2.27. The second-order valence-electron chi connectivity index (χ2n) is 9.95. The maximum absolute atomic E-state index is 12.9. The third-order valence-electron chi connectivity index (χ3n) is 5.63. The molecule has 0 bridgehead atoms. The number of nitrogens with zero attached hydrogens (tertiary/aromatic N) is 2. The van der Waals surface area contributed by atoms with Gasteiger partial charge in [-0.1, -0.05) is 38.1 Å². The Bertz CT molecular complexity index is 887. The molecule has 7 nitrogen and oxygen atoms in total. The van der Waals surface area contributed by atoms with Gasteiger partial charge in [0.1, 0.15) is 11.6 Å². The summed E-state index contributed by atoms with van der Waals surface area (Å²) in [6, 6.07) is 7.11. The third kappa shape index (κ3) is 5.90. The summed E-state index contributed by atoms with van der Waals surface area (Å²) < 4.78 is 5.40. The van der Waals surface area contributed by atoms with Gasteiger partial charge in [-0.15, -0.1) is 0 Å². The summed E-state index contributed by atoms with van der Waals surface area (Å²) in [5.74, 6) is 0.0317. The quantitative estimate of drug-likeness (QED) is 0.683. The normalized spacial score (nSPS) is 19.0. The second kappa shape index (κ2) is 9.76. The maximum atomic E-state index is 12.9. The highest BCUT2D eigenvalue weighted by Gasteiger charge is 2.40. The predicted octanol–water partition coefficient (Wildman–Crippen LogP) is 3.67. The van der Waals surface area contributed by atoms with Gasteiger partial charge in [-0.25, -0.2) is 4.79 Å². The monoisotopic (exact) mass is 441 g/mol. The van der Waals surface area contributed by atoms with Crippen molar-refractivity contribution in [2.24, 2.45) is 5.92 Å². The largest absolute Gasteiger partial charge is 0.444 e. The van der Waals surface area contributed by atoms with Crippen LogP contribution in [0.2, 0.25) is 0 Å². The molecule has 1 saturated heterocycles. The van der Waals surface area contributed by atoms with Gasteiger partial charge in [-0.05, 0) is 57.6 Å². The molecular formula is C25H35N3O4. The Balaban J connectivity index is 1.62. The number of amides is 3. The van der Waals surface area contributed by atoms with Crippen LogP contribution in [0.25, 0.3) is 0 Å². The first-order valence-corrected chi connectivity index (χ1v) is 11.4. The summed E-state index contributed by atoms with van der Waals surface area (Å²) >= 11 is 0. The number of hydrogen-bond acceptors (Lipinski definition) is 4. The molecule has 3 rings (SSSR count). The zero-order valence-electron chi connectivity index (χ0n) is 19.8. The second-order valence-corrected chi connectivity index (χ2v) is 9.95. The summed E-state index contributed by atoms with van der Waals surface area (Å²) in [5, 5.41) is 3.02. The number of ether oxygens (including phenoxy) is 1. The molecule has 0 saturated carbocycles. The molecule has 2 heterocycles. The van der Waals surface area contributed by atoms with Crippen LogP contribution in [0.4, 0.5) is 10.5 Å². The Hall–Kier alpha value is -2.83. The number of hydrogen-bond donors (Lipinski definition) is 1. The van der Waals surface area contributed by atoms with Crippen molar-refractivity contribution in [3.05, 3.63) is 42.0 Å². The van der Waals surface area contributed by atoms with Crippen LogP contribution in [0.5, 0.6) is 0 Å². The van der Waals surface area contributed by atoms with Gasteiger partial charge < -0.3 is 15.0 Å². The number of carbonyl (C=O) groups is 3. The molecule has 32 heavy (non-hydrogen) atoms. The fraction of sp³-hybridized carbons (Fsp3) is 0.560. The van der Waals surface area contributed by atoms with Crippen LogP contribution in [-0.4, -0.2) is 53.6 Å². The third-order valence-corrected chi connectivity index (χ3v) is 5.63. The molecule has 0 radical (unpaired) electrons. The van der Waals surface area contributed by atoms with Gasteiger partial charge in [-0.3, -0.25) is 14.5 Å². The SMILES string of the molecule is CC(C)C[C@@H](C=CC(=O)N1CCc2ccccc21)NC(=O)[C@@H]1CCN1C(=O)OC(C)(C)C. The molecule has 0 aromatic heterocycles. The van der Waals surface area contributed by atoms with Gasteiger partial charge in [-0.2, -0.15) is 0 Å². The van der Waals surface area contributed by atoms with Crippen molar-refractivity contribution < 1.29 is 19.1 Å². The molecular weight excluding hydrogens is 406 g/mol. The average Bonchev–Trinajstić information content (AvgIpc) is 3.07. The first kappa shape index (κ1) is 23.8. The van der Waals surface area contributed by atoms with E-state index < -0.39 is 17.7 Å². The van der Waals surface area contributed by atoms with E-state index >= 15 is 0 Å². The van der Waals surface area contributed by atoms with E-state index in [2.05, 4.69) is 19.2 Å². The summed E-state index contributed by atoms with van der Waals surface area (Å²) in [5.41, 5.74) is 1.52. The van der Waals surface area contributed by atoms with Gasteiger partial charge in [0.2, 0.25) is 5.91 Å². The van der Waals surface area contributed by atoms with Crippen LogP contribution in [0.15, 0.2) is 36.4 Å². The predicted molar refractivity (Wildman–Crippen MR) is 124 cm³/mol. The van der Waals surface area contributed by atoms with Crippen LogP contribution in [0.3, 0.4) is 0 Å². The van der Waals surface area contributed by atoms with E-state index in [1.165, 1.54) is 10.5 Å². The lowest BCUT2D eigenvalue weighted by Crippen LogP contribution is -2.60. The number of anilines is 1. The first-order chi connectivity index (χ1) is 15.0. The van der Waals surface area contributed by atoms with E-state index in [0.717, 1.165) is 12.1 Å². The van der Waals surface area contributed by atoms with Crippen LogP contribution in [0, 0.1) is 5.92 Å². The standard InChI is InChI=1S/C25H35N3O4/c1-17(2)16-19(10-11-22(29)27-14-12-18-8-6-7-9-20(18)27)26-23(30)21-13-15-28(21)24(31)32-25(3,4)5/h6-11,17,19,21H,12-16H2,1-5H3,(H,26,30)/t19-,21+/m1/s1. The summed E-state index contributed by atoms with van der Waals surface area (Å²) in [4.78, 5) is 41.3. The number of benzene rings is 1. The van der Waals surface area contributed by atoms with Crippen molar-refractivity contribution in [3.63, 3.8) is 0 Å². The van der Waals surface area contributed by atoms with E-state index in [0.29, 0.717) is 31.8 Å². The van der Waals surface area contributed by atoms with Gasteiger partial charge in [0.05, 0.1) is 0 Å².